The van der Waals surface area contributed by atoms with Crippen LogP contribution in [0.2, 0.25) is 0 Å². The summed E-state index contributed by atoms with van der Waals surface area (Å²) in [5.74, 6) is -2.35. The number of carboxylic acid groups (broad SMARTS) is 2. The van der Waals surface area contributed by atoms with E-state index in [0.717, 1.165) is 38.4 Å². The smallest absolute Gasteiger partial charge is 0.335 e. The normalized spacial score (nSPS) is 53.0. The molecule has 7 fully saturated rings. The first-order valence-electron chi connectivity index (χ1n) is 23.4. The Labute approximate surface area is 378 Å². The molecule has 0 amide bonds. The SMILES string of the molecule is CC1(C)CC[C@]2(C(=O)O)CCC3C(=CC[C@@H]4[C@@]5(C)CC[C@H](O[C@@H]6O[C@H](C(=O)O)[C@@H](O)[C@H](O[C@@H]7OC[C@@H](O)[C@H](O)[C@H]7O)[C@H]6O[C@@H]6OC(CO)[C@H](O)[C@H](O)[C@H]6O)[C@@](C)(C=O)[C@@H]5CC[C@@]34C)[C@@H]2C1. The Morgan fingerprint density at radius 2 is 1.38 bits per heavy atom. The van der Waals surface area contributed by atoms with Crippen molar-refractivity contribution in [3.63, 3.8) is 0 Å². The number of carbonyl (C=O) groups is 3. The van der Waals surface area contributed by atoms with E-state index in [4.69, 9.17) is 28.4 Å². The lowest BCUT2D eigenvalue weighted by atomic mass is 9.37. The van der Waals surface area contributed by atoms with E-state index in [1.165, 1.54) is 5.57 Å². The highest BCUT2D eigenvalue weighted by Gasteiger charge is 2.68. The summed E-state index contributed by atoms with van der Waals surface area (Å²) in [4.78, 5) is 39.5. The third-order valence-corrected chi connectivity index (χ3v) is 18.1. The molecule has 0 bridgehead atoms. The lowest BCUT2D eigenvalue weighted by Crippen LogP contribution is -2.68. The molecule has 8 rings (SSSR count). The number of carbonyl (C=O) groups excluding carboxylic acids is 1. The predicted molar refractivity (Wildman–Crippen MR) is 221 cm³/mol. The first-order chi connectivity index (χ1) is 30.5. The summed E-state index contributed by atoms with van der Waals surface area (Å²) < 4.78 is 35.9. The number of fused-ring (bicyclic) bond motifs is 7. The Morgan fingerprint density at radius 3 is 2.05 bits per heavy atom. The molecule has 0 aromatic carbocycles. The van der Waals surface area contributed by atoms with E-state index in [0.29, 0.717) is 25.7 Å². The third kappa shape index (κ3) is 7.94. The molecule has 2 unspecified atom stereocenters. The van der Waals surface area contributed by atoms with Crippen LogP contribution >= 0.6 is 0 Å². The van der Waals surface area contributed by atoms with Crippen LogP contribution in [-0.2, 0) is 42.8 Å². The maximum absolute atomic E-state index is 13.7. The van der Waals surface area contributed by atoms with E-state index in [1.54, 1.807) is 6.92 Å². The van der Waals surface area contributed by atoms with Crippen LogP contribution < -0.4 is 0 Å². The first-order valence-corrected chi connectivity index (χ1v) is 23.4. The van der Waals surface area contributed by atoms with Gasteiger partial charge in [0.05, 0.1) is 30.1 Å². The Balaban J connectivity index is 1.11. The monoisotopic (exact) mass is 926 g/mol. The number of ether oxygens (including phenoxy) is 6. The van der Waals surface area contributed by atoms with Crippen molar-refractivity contribution in [3.05, 3.63) is 11.6 Å². The summed E-state index contributed by atoms with van der Waals surface area (Å²) in [5, 5.41) is 106. The summed E-state index contributed by atoms with van der Waals surface area (Å²) in [7, 11) is 0. The Kier molecular flexibility index (Phi) is 13.4. The zero-order chi connectivity index (χ0) is 47.3. The van der Waals surface area contributed by atoms with Crippen molar-refractivity contribution in [3.8, 4) is 0 Å². The highest BCUT2D eigenvalue weighted by atomic mass is 16.8. The molecule has 4 saturated carbocycles. The lowest BCUT2D eigenvalue weighted by molar-refractivity contribution is -0.391. The molecule has 368 valence electrons. The third-order valence-electron chi connectivity index (χ3n) is 18.1. The molecule has 0 aromatic rings. The molecule has 3 heterocycles. The number of aldehydes is 1. The number of carboxylic acids is 2. The van der Waals surface area contributed by atoms with Gasteiger partial charge in [-0.3, -0.25) is 4.79 Å². The zero-order valence-electron chi connectivity index (χ0n) is 37.8. The molecule has 8 aliphatic rings. The summed E-state index contributed by atoms with van der Waals surface area (Å²) in [6.45, 7) is 9.50. The minimum absolute atomic E-state index is 0.0184. The van der Waals surface area contributed by atoms with Gasteiger partial charge in [0.1, 0.15) is 67.3 Å². The van der Waals surface area contributed by atoms with Crippen molar-refractivity contribution in [2.75, 3.05) is 13.2 Å². The molecule has 5 aliphatic carbocycles. The lowest BCUT2D eigenvalue weighted by Gasteiger charge is -2.68. The number of aliphatic hydroxyl groups excluding tert-OH is 8. The van der Waals surface area contributed by atoms with Gasteiger partial charge in [-0.2, -0.15) is 0 Å². The van der Waals surface area contributed by atoms with Crippen molar-refractivity contribution in [1.29, 1.82) is 0 Å². The number of hydrogen-bond donors (Lipinski definition) is 10. The molecule has 0 aromatic heterocycles. The summed E-state index contributed by atoms with van der Waals surface area (Å²) in [6, 6.07) is 0. The molecule has 19 nitrogen and oxygen atoms in total. The molecule has 3 saturated heterocycles. The van der Waals surface area contributed by atoms with Gasteiger partial charge in [-0.25, -0.2) is 4.79 Å². The van der Waals surface area contributed by atoms with Gasteiger partial charge < -0.3 is 84.3 Å². The van der Waals surface area contributed by atoms with Crippen molar-refractivity contribution in [1.82, 2.24) is 0 Å². The van der Waals surface area contributed by atoms with Crippen molar-refractivity contribution in [2.45, 2.75) is 191 Å². The fourth-order valence-electron chi connectivity index (χ4n) is 14.4. The molecular formula is C46H70O19. The Morgan fingerprint density at radius 1 is 0.708 bits per heavy atom. The second-order valence-corrected chi connectivity index (χ2v) is 22.1. The van der Waals surface area contributed by atoms with Crippen LogP contribution in [0.1, 0.15) is 98.8 Å². The van der Waals surface area contributed by atoms with Crippen LogP contribution in [-0.4, -0.2) is 175 Å². The number of aliphatic hydroxyl groups is 8. The van der Waals surface area contributed by atoms with Crippen LogP contribution in [0.5, 0.6) is 0 Å². The first kappa shape index (κ1) is 49.2. The van der Waals surface area contributed by atoms with Crippen molar-refractivity contribution in [2.24, 2.45) is 50.7 Å². The molecule has 19 heteroatoms. The molecule has 65 heavy (non-hydrogen) atoms. The Hall–Kier alpha value is -2.21. The fourth-order valence-corrected chi connectivity index (χ4v) is 14.4. The van der Waals surface area contributed by atoms with Crippen LogP contribution in [0.15, 0.2) is 11.6 Å². The van der Waals surface area contributed by atoms with Crippen LogP contribution in [0.4, 0.5) is 0 Å². The molecule has 23 atom stereocenters. The highest BCUT2D eigenvalue weighted by Crippen LogP contribution is 2.72. The van der Waals surface area contributed by atoms with Gasteiger partial charge >= 0.3 is 11.9 Å². The average Bonchev–Trinajstić information content (AvgIpc) is 3.25. The minimum Gasteiger partial charge on any atom is -0.481 e. The standard InChI is InChI=1S/C46H70O19/c1-42(2)14-15-46(41(58)59)13-8-21-20(22(46)16-42)6-7-25-43(21,3)11-9-26-44(25,4)12-10-27(45(26,5)19-48)62-40-36(65-39-32(54)30(52)29(51)24(17-47)61-39)34(33(55)35(64-40)37(56)57)63-38-31(53)28(50)23(49)18-60-38/h6,19,21-36,38-40,47,49-55H,7-18H2,1-5H3,(H,56,57)(H,58,59)/t21?,22-,23+,24?,25-,26+,27-,28-,29-,30-,31+,32+,33-,34-,35-,36+,38-,39-,40+,43-,44+,45-,46+/m0/s1. The number of hydrogen-bond acceptors (Lipinski definition) is 17. The molecular weight excluding hydrogens is 856 g/mol. The van der Waals surface area contributed by atoms with E-state index in [1.807, 2.05) is 0 Å². The number of rotatable bonds is 10. The molecule has 3 aliphatic heterocycles. The summed E-state index contributed by atoms with van der Waals surface area (Å²) in [5.41, 5.74) is -1.27. The quantitative estimate of drug-likeness (QED) is 0.0796. The zero-order valence-corrected chi connectivity index (χ0v) is 37.8. The van der Waals surface area contributed by atoms with Gasteiger partial charge in [0.25, 0.3) is 0 Å². The second kappa shape index (κ2) is 17.6. The highest BCUT2D eigenvalue weighted by molar-refractivity contribution is 5.76. The van der Waals surface area contributed by atoms with E-state index >= 15 is 0 Å². The van der Waals surface area contributed by atoms with E-state index < -0.39 is 134 Å². The van der Waals surface area contributed by atoms with Gasteiger partial charge in [0.2, 0.25) is 0 Å². The molecule has 10 N–H and O–H groups in total. The fraction of sp³-hybridized carbons (Fsp3) is 0.891. The van der Waals surface area contributed by atoms with E-state index in [9.17, 15) is 65.4 Å². The topological polar surface area (TPSA) is 309 Å². The van der Waals surface area contributed by atoms with Gasteiger partial charge in [-0.05, 0) is 104 Å². The van der Waals surface area contributed by atoms with E-state index in [-0.39, 0.29) is 40.9 Å². The van der Waals surface area contributed by atoms with Crippen LogP contribution in [0.3, 0.4) is 0 Å². The number of allylic oxidation sites excluding steroid dienone is 2. The number of aliphatic carboxylic acids is 2. The molecule has 0 spiro atoms. The van der Waals surface area contributed by atoms with Crippen LogP contribution in [0, 0.1) is 50.7 Å². The van der Waals surface area contributed by atoms with Gasteiger partial charge in [-0.1, -0.05) is 46.3 Å². The van der Waals surface area contributed by atoms with Gasteiger partial charge in [-0.15, -0.1) is 0 Å². The largest absolute Gasteiger partial charge is 0.481 e. The maximum Gasteiger partial charge on any atom is 0.335 e. The molecule has 0 radical (unpaired) electrons. The van der Waals surface area contributed by atoms with Gasteiger partial charge in [0.15, 0.2) is 25.0 Å². The van der Waals surface area contributed by atoms with Gasteiger partial charge in [0, 0.05) is 0 Å². The summed E-state index contributed by atoms with van der Waals surface area (Å²) >= 11 is 0. The second-order valence-electron chi connectivity index (χ2n) is 22.1. The summed E-state index contributed by atoms with van der Waals surface area (Å²) in [6.07, 6.45) is -16.7. The minimum atomic E-state index is -2.12. The van der Waals surface area contributed by atoms with Crippen molar-refractivity contribution < 1.29 is 93.9 Å². The predicted octanol–water partition coefficient (Wildman–Crippen LogP) is 0.227. The van der Waals surface area contributed by atoms with Crippen LogP contribution in [0.25, 0.3) is 0 Å². The maximum atomic E-state index is 13.7. The van der Waals surface area contributed by atoms with Crippen molar-refractivity contribution >= 4 is 18.2 Å². The van der Waals surface area contributed by atoms with E-state index in [2.05, 4.69) is 33.8 Å². The average molecular weight is 927 g/mol. The Bertz CT molecular complexity index is 1830.